The van der Waals surface area contributed by atoms with E-state index in [0.717, 1.165) is 0 Å². The van der Waals surface area contributed by atoms with Gasteiger partial charge in [-0.3, -0.25) is 9.59 Å². The van der Waals surface area contributed by atoms with Gasteiger partial charge in [0.25, 0.3) is 11.5 Å². The third-order valence-corrected chi connectivity index (χ3v) is 4.52. The number of ether oxygens (including phenoxy) is 1. The minimum Gasteiger partial charge on any atom is -0.506 e. The largest absolute Gasteiger partial charge is 0.506 e. The monoisotopic (exact) mass is 354 g/mol. The average Bonchev–Trinajstić information content (AvgIpc) is 2.66. The zero-order valence-corrected chi connectivity index (χ0v) is 13.9. The molecular weight excluding hydrogens is 339 g/mol. The molecule has 1 aromatic heterocycles. The Morgan fingerprint density at radius 2 is 1.96 bits per heavy atom. The van der Waals surface area contributed by atoms with Crippen LogP contribution in [0.15, 0.2) is 47.3 Å². The number of anilines is 1. The second-order valence-corrected chi connectivity index (χ2v) is 6.02. The summed E-state index contributed by atoms with van der Waals surface area (Å²) < 4.78 is 20.1. The standard InChI is InChI=1S/C19H15FN2O4/c1-21(12-7-5-11(20)6-8-12)18(24)15-17(23)13-3-2-4-14-16(13)22(19(15)25)9-10-26-14/h2-8,23H,9-10H2,1H3. The summed E-state index contributed by atoms with van der Waals surface area (Å²) >= 11 is 0. The van der Waals surface area contributed by atoms with Crippen LogP contribution in [0.4, 0.5) is 10.1 Å². The molecule has 6 nitrogen and oxygen atoms in total. The SMILES string of the molecule is CN(C(=O)c1c(O)c2cccc3c2n(c1=O)CCO3)c1ccc(F)cc1. The Hall–Kier alpha value is -3.35. The molecule has 1 aliphatic heterocycles. The molecule has 1 N–H and O–H groups in total. The summed E-state index contributed by atoms with van der Waals surface area (Å²) in [6.07, 6.45) is 0. The molecule has 0 aliphatic carbocycles. The molecule has 0 spiro atoms. The van der Waals surface area contributed by atoms with Gasteiger partial charge in [-0.25, -0.2) is 4.39 Å². The molecule has 3 aromatic rings. The number of aromatic nitrogens is 1. The first-order valence-corrected chi connectivity index (χ1v) is 8.04. The van der Waals surface area contributed by atoms with E-state index < -0.39 is 17.3 Å². The molecule has 4 rings (SSSR count). The minimum absolute atomic E-state index is 0.285. The molecule has 0 bridgehead atoms. The van der Waals surface area contributed by atoms with E-state index in [1.165, 1.54) is 40.8 Å². The third kappa shape index (κ3) is 2.32. The lowest BCUT2D eigenvalue weighted by Crippen LogP contribution is -2.36. The number of carbonyl (C=O) groups is 1. The van der Waals surface area contributed by atoms with Gasteiger partial charge < -0.3 is 19.3 Å². The van der Waals surface area contributed by atoms with Gasteiger partial charge in [0, 0.05) is 18.1 Å². The van der Waals surface area contributed by atoms with E-state index in [0.29, 0.717) is 28.9 Å². The highest BCUT2D eigenvalue weighted by atomic mass is 19.1. The van der Waals surface area contributed by atoms with Crippen LogP contribution < -0.4 is 15.2 Å². The van der Waals surface area contributed by atoms with Crippen LogP contribution in [-0.2, 0) is 6.54 Å². The summed E-state index contributed by atoms with van der Waals surface area (Å²) in [7, 11) is 1.47. The molecule has 1 amide bonds. The van der Waals surface area contributed by atoms with Gasteiger partial charge in [0.05, 0.1) is 12.1 Å². The van der Waals surface area contributed by atoms with E-state index in [1.807, 2.05) is 0 Å². The Labute approximate surface area is 147 Å². The molecule has 2 aromatic carbocycles. The zero-order valence-electron chi connectivity index (χ0n) is 13.9. The van der Waals surface area contributed by atoms with E-state index in [9.17, 15) is 19.1 Å². The van der Waals surface area contributed by atoms with E-state index in [4.69, 9.17) is 4.74 Å². The topological polar surface area (TPSA) is 71.8 Å². The fraction of sp³-hybridized carbons (Fsp3) is 0.158. The number of para-hydroxylation sites is 1. The summed E-state index contributed by atoms with van der Waals surface area (Å²) in [6.45, 7) is 0.589. The predicted octanol–water partition coefficient (Wildman–Crippen LogP) is 2.52. The van der Waals surface area contributed by atoms with Crippen LogP contribution in [0, 0.1) is 5.82 Å². The third-order valence-electron chi connectivity index (χ3n) is 4.52. The van der Waals surface area contributed by atoms with Crippen molar-refractivity contribution in [3.05, 3.63) is 64.2 Å². The second-order valence-electron chi connectivity index (χ2n) is 6.02. The fourth-order valence-electron chi connectivity index (χ4n) is 3.18. The van der Waals surface area contributed by atoms with Crippen molar-refractivity contribution in [2.75, 3.05) is 18.6 Å². The van der Waals surface area contributed by atoms with E-state index in [-0.39, 0.29) is 17.9 Å². The van der Waals surface area contributed by atoms with Crippen LogP contribution in [0.5, 0.6) is 11.5 Å². The van der Waals surface area contributed by atoms with Gasteiger partial charge in [-0.1, -0.05) is 6.07 Å². The van der Waals surface area contributed by atoms with Crippen molar-refractivity contribution in [3.8, 4) is 11.5 Å². The number of amides is 1. The molecule has 0 unspecified atom stereocenters. The molecule has 2 heterocycles. The zero-order chi connectivity index (χ0) is 18.4. The Morgan fingerprint density at radius 1 is 1.23 bits per heavy atom. The van der Waals surface area contributed by atoms with Gasteiger partial charge in [0.1, 0.15) is 29.5 Å². The Bertz CT molecular complexity index is 1090. The van der Waals surface area contributed by atoms with Crippen molar-refractivity contribution in [2.24, 2.45) is 0 Å². The summed E-state index contributed by atoms with van der Waals surface area (Å²) in [5.74, 6) is -0.985. The molecule has 1 aliphatic rings. The lowest BCUT2D eigenvalue weighted by atomic mass is 10.1. The maximum absolute atomic E-state index is 13.1. The number of halogens is 1. The number of hydrogen-bond acceptors (Lipinski definition) is 4. The number of rotatable bonds is 2. The molecule has 0 radical (unpaired) electrons. The Balaban J connectivity index is 1.91. The highest BCUT2D eigenvalue weighted by Crippen LogP contribution is 2.34. The number of aromatic hydroxyl groups is 1. The molecule has 0 fully saturated rings. The highest BCUT2D eigenvalue weighted by Gasteiger charge is 2.28. The first-order chi connectivity index (χ1) is 12.5. The first-order valence-electron chi connectivity index (χ1n) is 8.04. The molecule has 0 saturated carbocycles. The van der Waals surface area contributed by atoms with Gasteiger partial charge in [-0.2, -0.15) is 0 Å². The maximum atomic E-state index is 13.1. The van der Waals surface area contributed by atoms with Gasteiger partial charge in [0.2, 0.25) is 0 Å². The van der Waals surface area contributed by atoms with Crippen LogP contribution in [0.25, 0.3) is 10.9 Å². The summed E-state index contributed by atoms with van der Waals surface area (Å²) in [5, 5.41) is 11.0. The van der Waals surface area contributed by atoms with Crippen molar-refractivity contribution >= 4 is 22.5 Å². The number of nitrogens with zero attached hydrogens (tertiary/aromatic N) is 2. The lowest BCUT2D eigenvalue weighted by Gasteiger charge is -2.23. The smallest absolute Gasteiger partial charge is 0.267 e. The van der Waals surface area contributed by atoms with E-state index in [2.05, 4.69) is 0 Å². The lowest BCUT2D eigenvalue weighted by molar-refractivity contribution is 0.0988. The van der Waals surface area contributed by atoms with Gasteiger partial charge >= 0.3 is 0 Å². The van der Waals surface area contributed by atoms with Crippen LogP contribution in [-0.4, -0.2) is 29.2 Å². The normalized spacial score (nSPS) is 12.7. The van der Waals surface area contributed by atoms with Crippen molar-refractivity contribution in [3.63, 3.8) is 0 Å². The van der Waals surface area contributed by atoms with Crippen LogP contribution in [0.2, 0.25) is 0 Å². The number of benzene rings is 2. The molecule has 0 atom stereocenters. The van der Waals surface area contributed by atoms with E-state index >= 15 is 0 Å². The molecule has 0 saturated heterocycles. The molecular formula is C19H15FN2O4. The highest BCUT2D eigenvalue weighted by molar-refractivity contribution is 6.10. The average molecular weight is 354 g/mol. The van der Waals surface area contributed by atoms with Crippen LogP contribution in [0.3, 0.4) is 0 Å². The van der Waals surface area contributed by atoms with Crippen molar-refractivity contribution in [1.29, 1.82) is 0 Å². The van der Waals surface area contributed by atoms with Gasteiger partial charge in [-0.05, 0) is 36.4 Å². The van der Waals surface area contributed by atoms with Gasteiger partial charge in [-0.15, -0.1) is 0 Å². The number of pyridine rings is 1. The quantitative estimate of drug-likeness (QED) is 0.768. The van der Waals surface area contributed by atoms with Crippen molar-refractivity contribution in [2.45, 2.75) is 6.54 Å². The van der Waals surface area contributed by atoms with Gasteiger partial charge in [0.15, 0.2) is 0 Å². The van der Waals surface area contributed by atoms with Crippen LogP contribution in [0.1, 0.15) is 10.4 Å². The predicted molar refractivity (Wildman–Crippen MR) is 94.5 cm³/mol. The molecule has 132 valence electrons. The van der Waals surface area contributed by atoms with Crippen molar-refractivity contribution in [1.82, 2.24) is 4.57 Å². The summed E-state index contributed by atoms with van der Waals surface area (Å²) in [5.41, 5.74) is -0.0126. The second kappa shape index (κ2) is 5.87. The first kappa shape index (κ1) is 16.1. The molecule has 26 heavy (non-hydrogen) atoms. The maximum Gasteiger partial charge on any atom is 0.267 e. The summed E-state index contributed by atoms with van der Waals surface area (Å²) in [4.78, 5) is 27.0. The molecule has 7 heteroatoms. The number of hydrogen-bond donors (Lipinski definition) is 1. The van der Waals surface area contributed by atoms with Crippen LogP contribution >= 0.6 is 0 Å². The minimum atomic E-state index is -0.665. The Kier molecular flexibility index (Phi) is 3.64. The van der Waals surface area contributed by atoms with E-state index in [1.54, 1.807) is 18.2 Å². The summed E-state index contributed by atoms with van der Waals surface area (Å²) in [6, 6.07) is 10.3. The fourth-order valence-corrected chi connectivity index (χ4v) is 3.18. The van der Waals surface area contributed by atoms with Crippen molar-refractivity contribution < 1.29 is 19.0 Å². The number of carbonyl (C=O) groups excluding carboxylic acids is 1. The Morgan fingerprint density at radius 3 is 2.69 bits per heavy atom.